The van der Waals surface area contributed by atoms with Gasteiger partial charge >= 0.3 is 5.97 Å². The molecule has 0 amide bonds. The van der Waals surface area contributed by atoms with E-state index in [0.29, 0.717) is 44.3 Å². The maximum atomic E-state index is 14.2. The minimum absolute atomic E-state index is 0.184. The van der Waals surface area contributed by atoms with Crippen molar-refractivity contribution in [3.63, 3.8) is 0 Å². The van der Waals surface area contributed by atoms with Gasteiger partial charge in [-0.15, -0.1) is 0 Å². The summed E-state index contributed by atoms with van der Waals surface area (Å²) in [5, 5.41) is 9.44. The van der Waals surface area contributed by atoms with Crippen molar-refractivity contribution in [1.29, 1.82) is 5.26 Å². The standard InChI is InChI=1S/C38H31N3O5S/c1-3-44-31-21-25(19-20-30(31)46-24-29-18-12-11-17-28(29)23-39)22-32-36(42)41-35(27-15-9-6-10-16-27)33(37(43)45-4-2)34(40-38(41)47-32)26-13-7-5-8-14-26/h5-22,35H,3-4,24H2,1-2H3/b32-22-/t35-/m1/s1. The lowest BCUT2D eigenvalue weighted by Gasteiger charge is -2.25. The van der Waals surface area contributed by atoms with E-state index in [4.69, 9.17) is 19.2 Å². The van der Waals surface area contributed by atoms with Crippen molar-refractivity contribution < 1.29 is 19.0 Å². The molecule has 47 heavy (non-hydrogen) atoms. The molecule has 1 aliphatic heterocycles. The number of rotatable bonds is 10. The number of fused-ring (bicyclic) bond motifs is 1. The first-order valence-electron chi connectivity index (χ1n) is 15.2. The zero-order chi connectivity index (χ0) is 32.8. The van der Waals surface area contributed by atoms with E-state index in [1.807, 2.05) is 97.9 Å². The summed E-state index contributed by atoms with van der Waals surface area (Å²) in [5.74, 6) is 0.517. The highest BCUT2D eigenvalue weighted by molar-refractivity contribution is 7.07. The van der Waals surface area contributed by atoms with Gasteiger partial charge in [-0.3, -0.25) is 9.36 Å². The second-order valence-electron chi connectivity index (χ2n) is 10.5. The van der Waals surface area contributed by atoms with Crippen LogP contribution >= 0.6 is 11.3 Å². The van der Waals surface area contributed by atoms with Crippen LogP contribution in [-0.2, 0) is 16.1 Å². The Morgan fingerprint density at radius 1 is 0.915 bits per heavy atom. The molecule has 0 spiro atoms. The number of aromatic nitrogens is 1. The molecule has 0 unspecified atom stereocenters. The van der Waals surface area contributed by atoms with Gasteiger partial charge in [0.05, 0.1) is 46.7 Å². The third-order valence-corrected chi connectivity index (χ3v) is 8.56. The highest BCUT2D eigenvalue weighted by Gasteiger charge is 2.35. The molecule has 0 aliphatic carbocycles. The van der Waals surface area contributed by atoms with Crippen LogP contribution < -0.4 is 24.4 Å². The summed E-state index contributed by atoms with van der Waals surface area (Å²) in [6.45, 7) is 4.43. The highest BCUT2D eigenvalue weighted by Crippen LogP contribution is 2.35. The molecule has 5 aromatic rings. The summed E-state index contributed by atoms with van der Waals surface area (Å²) in [5.41, 5.74) is 4.08. The van der Waals surface area contributed by atoms with Crippen LogP contribution in [0.2, 0.25) is 0 Å². The lowest BCUT2D eigenvalue weighted by atomic mass is 9.93. The van der Waals surface area contributed by atoms with Crippen LogP contribution in [0.15, 0.2) is 118 Å². The summed E-state index contributed by atoms with van der Waals surface area (Å²) in [6.07, 6.45) is 1.79. The Kier molecular flexibility index (Phi) is 9.41. The fourth-order valence-electron chi connectivity index (χ4n) is 5.46. The second-order valence-corrected chi connectivity index (χ2v) is 11.5. The molecule has 2 heterocycles. The summed E-state index contributed by atoms with van der Waals surface area (Å²) >= 11 is 1.26. The van der Waals surface area contributed by atoms with E-state index in [2.05, 4.69) is 6.07 Å². The average molecular weight is 642 g/mol. The lowest BCUT2D eigenvalue weighted by Crippen LogP contribution is -2.39. The molecule has 0 radical (unpaired) electrons. The van der Waals surface area contributed by atoms with E-state index in [1.165, 1.54) is 11.3 Å². The zero-order valence-electron chi connectivity index (χ0n) is 25.9. The molecule has 8 nitrogen and oxygen atoms in total. The van der Waals surface area contributed by atoms with Crippen molar-refractivity contribution in [2.45, 2.75) is 26.5 Å². The quantitative estimate of drug-likeness (QED) is 0.179. The molecule has 9 heteroatoms. The molecule has 234 valence electrons. The average Bonchev–Trinajstić information content (AvgIpc) is 3.42. The van der Waals surface area contributed by atoms with Gasteiger partial charge < -0.3 is 14.2 Å². The first-order chi connectivity index (χ1) is 23.0. The largest absolute Gasteiger partial charge is 0.490 e. The normalized spacial score (nSPS) is 14.1. The van der Waals surface area contributed by atoms with Crippen molar-refractivity contribution in [3.05, 3.63) is 156 Å². The summed E-state index contributed by atoms with van der Waals surface area (Å²) in [7, 11) is 0. The first-order valence-corrected chi connectivity index (χ1v) is 16.0. The Hall–Kier alpha value is -5.72. The third-order valence-electron chi connectivity index (χ3n) is 7.58. The Morgan fingerprint density at radius 2 is 1.64 bits per heavy atom. The molecule has 0 saturated carbocycles. The van der Waals surface area contributed by atoms with E-state index in [9.17, 15) is 14.9 Å². The van der Waals surface area contributed by atoms with Gasteiger partial charge in [0.25, 0.3) is 5.56 Å². The zero-order valence-corrected chi connectivity index (χ0v) is 26.7. The topological polar surface area (TPSA) is 103 Å². The lowest BCUT2D eigenvalue weighted by molar-refractivity contribution is -0.138. The number of nitriles is 1. The minimum Gasteiger partial charge on any atom is -0.490 e. The number of nitrogens with zero attached hydrogens (tertiary/aromatic N) is 3. The van der Waals surface area contributed by atoms with Crippen molar-refractivity contribution in [2.24, 2.45) is 4.99 Å². The number of benzene rings is 4. The number of carbonyl (C=O) groups excluding carboxylic acids is 1. The number of hydrogen-bond donors (Lipinski definition) is 0. The molecular formula is C38H31N3O5S. The van der Waals surface area contributed by atoms with Gasteiger partial charge in [-0.05, 0) is 49.2 Å². The van der Waals surface area contributed by atoms with E-state index < -0.39 is 12.0 Å². The second kappa shape index (κ2) is 14.1. The van der Waals surface area contributed by atoms with Gasteiger partial charge in [-0.2, -0.15) is 5.26 Å². The van der Waals surface area contributed by atoms with Crippen molar-refractivity contribution in [1.82, 2.24) is 4.57 Å². The van der Waals surface area contributed by atoms with Crippen LogP contribution in [0.3, 0.4) is 0 Å². The number of esters is 1. The fourth-order valence-corrected chi connectivity index (χ4v) is 6.46. The van der Waals surface area contributed by atoms with Gasteiger partial charge in [0.1, 0.15) is 6.61 Å². The maximum absolute atomic E-state index is 14.2. The predicted molar refractivity (Wildman–Crippen MR) is 181 cm³/mol. The number of thiazole rings is 1. The predicted octanol–water partition coefficient (Wildman–Crippen LogP) is 5.78. The van der Waals surface area contributed by atoms with Crippen LogP contribution in [0.25, 0.3) is 11.8 Å². The van der Waals surface area contributed by atoms with Crippen LogP contribution in [0, 0.1) is 11.3 Å². The Morgan fingerprint density at radius 3 is 2.36 bits per heavy atom. The van der Waals surface area contributed by atoms with Crippen molar-refractivity contribution >= 4 is 29.1 Å². The molecule has 4 aromatic carbocycles. The van der Waals surface area contributed by atoms with Crippen LogP contribution in [-0.4, -0.2) is 23.8 Å². The first kappa shape index (κ1) is 31.3. The van der Waals surface area contributed by atoms with Gasteiger partial charge in [0.15, 0.2) is 16.3 Å². The summed E-state index contributed by atoms with van der Waals surface area (Å²) < 4.78 is 19.5. The monoisotopic (exact) mass is 641 g/mol. The molecule has 1 aliphatic rings. The van der Waals surface area contributed by atoms with E-state index in [0.717, 1.165) is 22.3 Å². The van der Waals surface area contributed by atoms with Gasteiger partial charge in [0.2, 0.25) is 0 Å². The van der Waals surface area contributed by atoms with Crippen molar-refractivity contribution in [2.75, 3.05) is 13.2 Å². The van der Waals surface area contributed by atoms with Crippen LogP contribution in [0.5, 0.6) is 11.5 Å². The van der Waals surface area contributed by atoms with Gasteiger partial charge in [0, 0.05) is 11.1 Å². The smallest absolute Gasteiger partial charge is 0.338 e. The number of ether oxygens (including phenoxy) is 3. The highest BCUT2D eigenvalue weighted by atomic mass is 32.1. The molecule has 0 saturated heterocycles. The number of carbonyl (C=O) groups is 1. The number of hydrogen-bond acceptors (Lipinski definition) is 8. The molecule has 0 N–H and O–H groups in total. The Balaban J connectivity index is 1.46. The van der Waals surface area contributed by atoms with E-state index in [-0.39, 0.29) is 18.8 Å². The molecular weight excluding hydrogens is 611 g/mol. The third kappa shape index (κ3) is 6.50. The fraction of sp³-hybridized carbons (Fsp3) is 0.158. The van der Waals surface area contributed by atoms with Crippen LogP contribution in [0.1, 0.15) is 47.7 Å². The minimum atomic E-state index is -0.741. The SMILES string of the molecule is CCOC(=O)C1=C(c2ccccc2)N=c2s/c(=C\c3ccc(OCc4ccccc4C#N)c(OCC)c3)c(=O)n2[C@@H]1c1ccccc1. The maximum Gasteiger partial charge on any atom is 0.338 e. The Bertz CT molecular complexity index is 2180. The molecule has 0 fully saturated rings. The van der Waals surface area contributed by atoms with Crippen molar-refractivity contribution in [3.8, 4) is 17.6 Å². The van der Waals surface area contributed by atoms with Gasteiger partial charge in [-0.25, -0.2) is 9.79 Å². The van der Waals surface area contributed by atoms with E-state index in [1.54, 1.807) is 29.7 Å². The van der Waals surface area contributed by atoms with Crippen LogP contribution in [0.4, 0.5) is 0 Å². The Labute approximate surface area is 275 Å². The van der Waals surface area contributed by atoms with E-state index >= 15 is 0 Å². The van der Waals surface area contributed by atoms with Gasteiger partial charge in [-0.1, -0.05) is 96.3 Å². The summed E-state index contributed by atoms with van der Waals surface area (Å²) in [6, 6.07) is 33.1. The molecule has 6 rings (SSSR count). The summed E-state index contributed by atoms with van der Waals surface area (Å²) in [4.78, 5) is 33.2. The molecule has 1 atom stereocenters. The molecule has 1 aromatic heterocycles. The molecule has 0 bridgehead atoms.